The minimum atomic E-state index is -0.0668. The third kappa shape index (κ3) is 7.93. The van der Waals surface area contributed by atoms with Crippen molar-refractivity contribution < 1.29 is 9.53 Å². The molecule has 0 fully saturated rings. The normalized spacial score (nSPS) is 11.4. The Bertz CT molecular complexity index is 396. The van der Waals surface area contributed by atoms with Crippen LogP contribution in [0.25, 0.3) is 0 Å². The molecular weight excluding hydrogens is 288 g/mol. The van der Waals surface area contributed by atoms with Gasteiger partial charge in [0.1, 0.15) is 5.75 Å². The first-order chi connectivity index (χ1) is 9.67. The highest BCUT2D eigenvalue weighted by molar-refractivity contribution is 5.94. The maximum absolute atomic E-state index is 11.9. The standard InChI is InChI=1S/C16H26N2O2.ClH/c1-3-4-5-10-20-15-8-6-14(7-9-15)16(19)18-12-13(2)11-17;/h6-9,13H,3-5,10-12,17H2,1-2H3,(H,18,19);1H. The first kappa shape index (κ1) is 19.7. The number of carbonyl (C=O) groups is 1. The van der Waals surface area contributed by atoms with Gasteiger partial charge in [-0.1, -0.05) is 26.7 Å². The molecule has 1 atom stereocenters. The van der Waals surface area contributed by atoms with Crippen LogP contribution in [0.15, 0.2) is 24.3 Å². The van der Waals surface area contributed by atoms with Gasteiger partial charge in [-0.3, -0.25) is 4.79 Å². The van der Waals surface area contributed by atoms with Gasteiger partial charge in [-0.25, -0.2) is 0 Å². The van der Waals surface area contributed by atoms with Gasteiger partial charge in [0.2, 0.25) is 0 Å². The Balaban J connectivity index is 0.00000400. The van der Waals surface area contributed by atoms with Crippen LogP contribution < -0.4 is 15.8 Å². The number of hydrogen-bond acceptors (Lipinski definition) is 3. The Hall–Kier alpha value is -1.26. The quantitative estimate of drug-likeness (QED) is 0.689. The molecule has 0 heterocycles. The number of amides is 1. The van der Waals surface area contributed by atoms with Crippen molar-refractivity contribution in [1.82, 2.24) is 5.32 Å². The van der Waals surface area contributed by atoms with Crippen LogP contribution in [-0.4, -0.2) is 25.6 Å². The van der Waals surface area contributed by atoms with Gasteiger partial charge >= 0.3 is 0 Å². The molecule has 3 N–H and O–H groups in total. The van der Waals surface area contributed by atoms with Gasteiger partial charge in [-0.15, -0.1) is 12.4 Å². The van der Waals surface area contributed by atoms with Crippen molar-refractivity contribution in [2.24, 2.45) is 11.7 Å². The first-order valence-corrected chi connectivity index (χ1v) is 7.38. The third-order valence-electron chi connectivity index (χ3n) is 3.15. The zero-order valence-electron chi connectivity index (χ0n) is 12.9. The summed E-state index contributed by atoms with van der Waals surface area (Å²) >= 11 is 0. The molecule has 0 saturated carbocycles. The maximum Gasteiger partial charge on any atom is 0.251 e. The van der Waals surface area contributed by atoms with Gasteiger partial charge in [0.15, 0.2) is 0 Å². The minimum absolute atomic E-state index is 0. The summed E-state index contributed by atoms with van der Waals surface area (Å²) in [5.41, 5.74) is 6.17. The third-order valence-corrected chi connectivity index (χ3v) is 3.15. The minimum Gasteiger partial charge on any atom is -0.494 e. The van der Waals surface area contributed by atoms with Crippen LogP contribution in [-0.2, 0) is 0 Å². The van der Waals surface area contributed by atoms with Crippen LogP contribution in [0.2, 0.25) is 0 Å². The predicted molar refractivity (Wildman–Crippen MR) is 89.3 cm³/mol. The molecule has 0 aromatic heterocycles. The molecule has 0 spiro atoms. The Labute approximate surface area is 133 Å². The second kappa shape index (κ2) is 11.4. The molecule has 0 radical (unpaired) electrons. The van der Waals surface area contributed by atoms with Gasteiger partial charge in [-0.2, -0.15) is 0 Å². The molecule has 5 heteroatoms. The summed E-state index contributed by atoms with van der Waals surface area (Å²) in [6, 6.07) is 7.26. The van der Waals surface area contributed by atoms with Gasteiger partial charge < -0.3 is 15.8 Å². The van der Waals surface area contributed by atoms with E-state index in [-0.39, 0.29) is 18.3 Å². The molecule has 0 aliphatic heterocycles. The van der Waals surface area contributed by atoms with Gasteiger partial charge in [0.25, 0.3) is 5.91 Å². The number of rotatable bonds is 9. The average Bonchev–Trinajstić information content (AvgIpc) is 2.49. The van der Waals surface area contributed by atoms with E-state index >= 15 is 0 Å². The van der Waals surface area contributed by atoms with Gasteiger partial charge in [-0.05, 0) is 43.1 Å². The molecule has 1 aromatic rings. The molecule has 1 unspecified atom stereocenters. The summed E-state index contributed by atoms with van der Waals surface area (Å²) < 4.78 is 5.61. The van der Waals surface area contributed by atoms with Crippen molar-refractivity contribution in [2.75, 3.05) is 19.7 Å². The number of ether oxygens (including phenoxy) is 1. The topological polar surface area (TPSA) is 64.3 Å². The van der Waals surface area contributed by atoms with Gasteiger partial charge in [0.05, 0.1) is 6.61 Å². The van der Waals surface area contributed by atoms with Crippen molar-refractivity contribution in [3.63, 3.8) is 0 Å². The Morgan fingerprint density at radius 2 is 1.95 bits per heavy atom. The van der Waals surface area contributed by atoms with E-state index < -0.39 is 0 Å². The predicted octanol–water partition coefficient (Wildman–Crippen LogP) is 3.00. The smallest absolute Gasteiger partial charge is 0.251 e. The fourth-order valence-electron chi connectivity index (χ4n) is 1.70. The fourth-order valence-corrected chi connectivity index (χ4v) is 1.70. The molecule has 1 rings (SSSR count). The van der Waals surface area contributed by atoms with E-state index in [1.165, 1.54) is 12.8 Å². The van der Waals surface area contributed by atoms with Crippen molar-refractivity contribution in [1.29, 1.82) is 0 Å². The molecule has 21 heavy (non-hydrogen) atoms. The van der Waals surface area contributed by atoms with Crippen molar-refractivity contribution in [3.8, 4) is 5.75 Å². The van der Waals surface area contributed by atoms with Crippen LogP contribution in [0.3, 0.4) is 0 Å². The molecular formula is C16H27ClN2O2. The number of nitrogens with two attached hydrogens (primary N) is 1. The molecule has 1 amide bonds. The molecule has 0 bridgehead atoms. The molecule has 120 valence electrons. The lowest BCUT2D eigenvalue weighted by atomic mass is 10.1. The average molecular weight is 315 g/mol. The zero-order chi connectivity index (χ0) is 14.8. The molecule has 1 aromatic carbocycles. The Morgan fingerprint density at radius 1 is 1.29 bits per heavy atom. The lowest BCUT2D eigenvalue weighted by Crippen LogP contribution is -2.31. The van der Waals surface area contributed by atoms with E-state index in [4.69, 9.17) is 10.5 Å². The summed E-state index contributed by atoms with van der Waals surface area (Å²) in [5.74, 6) is 1.04. The van der Waals surface area contributed by atoms with Crippen LogP contribution >= 0.6 is 12.4 Å². The van der Waals surface area contributed by atoms with E-state index in [0.29, 0.717) is 24.6 Å². The summed E-state index contributed by atoms with van der Waals surface area (Å²) in [7, 11) is 0. The Morgan fingerprint density at radius 3 is 2.52 bits per heavy atom. The molecule has 0 aliphatic carbocycles. The van der Waals surface area contributed by atoms with E-state index in [0.717, 1.165) is 18.8 Å². The van der Waals surface area contributed by atoms with E-state index in [9.17, 15) is 4.79 Å². The summed E-state index contributed by atoms with van der Waals surface area (Å²) in [6.45, 7) is 6.08. The first-order valence-electron chi connectivity index (χ1n) is 7.38. The van der Waals surface area contributed by atoms with E-state index in [1.807, 2.05) is 19.1 Å². The zero-order valence-corrected chi connectivity index (χ0v) is 13.7. The van der Waals surface area contributed by atoms with Crippen molar-refractivity contribution in [2.45, 2.75) is 33.1 Å². The number of halogens is 1. The largest absolute Gasteiger partial charge is 0.494 e. The highest BCUT2D eigenvalue weighted by Gasteiger charge is 2.07. The highest BCUT2D eigenvalue weighted by atomic mass is 35.5. The lowest BCUT2D eigenvalue weighted by molar-refractivity contribution is 0.0948. The summed E-state index contributed by atoms with van der Waals surface area (Å²) in [6.07, 6.45) is 3.43. The second-order valence-corrected chi connectivity index (χ2v) is 5.13. The number of benzene rings is 1. The number of carbonyl (C=O) groups excluding carboxylic acids is 1. The summed E-state index contributed by atoms with van der Waals surface area (Å²) in [4.78, 5) is 11.9. The van der Waals surface area contributed by atoms with E-state index in [1.54, 1.807) is 12.1 Å². The number of hydrogen-bond donors (Lipinski definition) is 2. The van der Waals surface area contributed by atoms with Crippen LogP contribution in [0.1, 0.15) is 43.5 Å². The molecule has 4 nitrogen and oxygen atoms in total. The number of unbranched alkanes of at least 4 members (excludes halogenated alkanes) is 2. The summed E-state index contributed by atoms with van der Waals surface area (Å²) in [5, 5.41) is 2.87. The monoisotopic (exact) mass is 314 g/mol. The molecule has 0 aliphatic rings. The van der Waals surface area contributed by atoms with Crippen LogP contribution in [0, 0.1) is 5.92 Å². The highest BCUT2D eigenvalue weighted by Crippen LogP contribution is 2.13. The number of nitrogens with one attached hydrogen (secondary N) is 1. The lowest BCUT2D eigenvalue weighted by Gasteiger charge is -2.10. The van der Waals surface area contributed by atoms with Crippen LogP contribution in [0.5, 0.6) is 5.75 Å². The molecule has 0 saturated heterocycles. The van der Waals surface area contributed by atoms with Crippen molar-refractivity contribution >= 4 is 18.3 Å². The van der Waals surface area contributed by atoms with Gasteiger partial charge in [0, 0.05) is 12.1 Å². The van der Waals surface area contributed by atoms with Crippen LogP contribution in [0.4, 0.5) is 0 Å². The maximum atomic E-state index is 11.9. The SMILES string of the molecule is CCCCCOc1ccc(C(=O)NCC(C)CN)cc1.Cl. The second-order valence-electron chi connectivity index (χ2n) is 5.13. The van der Waals surface area contributed by atoms with Crippen molar-refractivity contribution in [3.05, 3.63) is 29.8 Å². The van der Waals surface area contributed by atoms with E-state index in [2.05, 4.69) is 12.2 Å². The Kier molecular flexibility index (Phi) is 10.7. The fraction of sp³-hybridized carbons (Fsp3) is 0.562.